The number of benzene rings is 2. The first kappa shape index (κ1) is 16.0. The van der Waals surface area contributed by atoms with Gasteiger partial charge in [-0.05, 0) is 48.9 Å². The van der Waals surface area contributed by atoms with E-state index in [-0.39, 0.29) is 5.91 Å². The largest absolute Gasteiger partial charge is 0.354 e. The number of halogens is 1. The fourth-order valence-electron chi connectivity index (χ4n) is 2.16. The van der Waals surface area contributed by atoms with Crippen LogP contribution in [-0.2, 0) is 0 Å². The molecule has 2 N–H and O–H groups in total. The number of aryl methyl sites for hydroxylation is 1. The summed E-state index contributed by atoms with van der Waals surface area (Å²) in [6.07, 6.45) is 1.62. The number of hydrogen-bond donors (Lipinski definition) is 2. The van der Waals surface area contributed by atoms with Crippen LogP contribution in [0.3, 0.4) is 0 Å². The minimum absolute atomic E-state index is 0.244. The number of hydrogen-bond acceptors (Lipinski definition) is 3. The number of pyridine rings is 1. The maximum Gasteiger partial charge on any atom is 0.274 e. The topological polar surface area (TPSA) is 54.0 Å². The van der Waals surface area contributed by atoms with Crippen molar-refractivity contribution in [2.24, 2.45) is 0 Å². The van der Waals surface area contributed by atoms with Crippen molar-refractivity contribution in [2.75, 3.05) is 10.6 Å². The summed E-state index contributed by atoms with van der Waals surface area (Å²) in [4.78, 5) is 16.4. The molecule has 1 heterocycles. The lowest BCUT2D eigenvalue weighted by atomic mass is 10.2. The van der Waals surface area contributed by atoms with E-state index in [1.807, 2.05) is 55.5 Å². The Morgan fingerprint density at radius 3 is 2.38 bits per heavy atom. The molecule has 120 valence electrons. The molecule has 3 aromatic rings. The SMILES string of the molecule is Cc1ccc(Nc2ccc(C(=O)Nc3ccccc3)nc2)cc1Cl. The van der Waals surface area contributed by atoms with Gasteiger partial charge in [0.15, 0.2) is 0 Å². The Hall–Kier alpha value is -2.85. The van der Waals surface area contributed by atoms with Crippen molar-refractivity contribution in [1.82, 2.24) is 4.98 Å². The zero-order valence-corrected chi connectivity index (χ0v) is 13.8. The number of aromatic nitrogens is 1. The fourth-order valence-corrected chi connectivity index (χ4v) is 2.34. The van der Waals surface area contributed by atoms with Gasteiger partial charge in [0, 0.05) is 16.4 Å². The number of para-hydroxylation sites is 1. The molecule has 0 radical (unpaired) electrons. The standard InChI is InChI=1S/C19H16ClN3O/c1-13-7-8-15(11-17(13)20)22-16-9-10-18(21-12-16)19(24)23-14-5-3-2-4-6-14/h2-12,22H,1H3,(H,23,24). The Labute approximate surface area is 145 Å². The third kappa shape index (κ3) is 3.91. The van der Waals surface area contributed by atoms with Crippen molar-refractivity contribution in [3.05, 3.63) is 83.1 Å². The second kappa shape index (κ2) is 7.15. The second-order valence-corrected chi connectivity index (χ2v) is 5.75. The maximum absolute atomic E-state index is 12.2. The third-order valence-corrected chi connectivity index (χ3v) is 3.90. The number of carbonyl (C=O) groups is 1. The minimum atomic E-state index is -0.244. The van der Waals surface area contributed by atoms with Gasteiger partial charge in [0.05, 0.1) is 11.9 Å². The van der Waals surface area contributed by atoms with Gasteiger partial charge in [0.25, 0.3) is 5.91 Å². The molecule has 0 spiro atoms. The van der Waals surface area contributed by atoms with E-state index >= 15 is 0 Å². The molecule has 0 atom stereocenters. The molecule has 0 aliphatic heterocycles. The molecule has 0 fully saturated rings. The second-order valence-electron chi connectivity index (χ2n) is 5.34. The lowest BCUT2D eigenvalue weighted by molar-refractivity contribution is 0.102. The van der Waals surface area contributed by atoms with E-state index in [9.17, 15) is 4.79 Å². The zero-order valence-electron chi connectivity index (χ0n) is 13.1. The highest BCUT2D eigenvalue weighted by atomic mass is 35.5. The number of rotatable bonds is 4. The van der Waals surface area contributed by atoms with Crippen LogP contribution in [0.2, 0.25) is 5.02 Å². The van der Waals surface area contributed by atoms with E-state index in [4.69, 9.17) is 11.6 Å². The first-order chi connectivity index (χ1) is 11.6. The van der Waals surface area contributed by atoms with Crippen LogP contribution >= 0.6 is 11.6 Å². The van der Waals surface area contributed by atoms with Crippen LogP contribution < -0.4 is 10.6 Å². The van der Waals surface area contributed by atoms with E-state index in [1.165, 1.54) is 0 Å². The molecule has 0 aliphatic rings. The quantitative estimate of drug-likeness (QED) is 0.701. The van der Waals surface area contributed by atoms with E-state index < -0.39 is 0 Å². The Kier molecular flexibility index (Phi) is 4.77. The van der Waals surface area contributed by atoms with Gasteiger partial charge in [0.2, 0.25) is 0 Å². The highest BCUT2D eigenvalue weighted by Gasteiger charge is 2.07. The third-order valence-electron chi connectivity index (χ3n) is 3.49. The van der Waals surface area contributed by atoms with E-state index in [0.717, 1.165) is 22.6 Å². The van der Waals surface area contributed by atoms with Gasteiger partial charge in [-0.2, -0.15) is 0 Å². The molecule has 0 unspecified atom stereocenters. The number of anilines is 3. The zero-order chi connectivity index (χ0) is 16.9. The molecular weight excluding hydrogens is 322 g/mol. The van der Waals surface area contributed by atoms with Crippen LogP contribution in [0.15, 0.2) is 66.9 Å². The lowest BCUT2D eigenvalue weighted by Crippen LogP contribution is -2.13. The number of nitrogens with one attached hydrogen (secondary N) is 2. The molecule has 0 saturated carbocycles. The highest BCUT2D eigenvalue weighted by Crippen LogP contribution is 2.23. The summed E-state index contributed by atoms with van der Waals surface area (Å²) in [6.45, 7) is 1.95. The number of amides is 1. The molecule has 0 saturated heterocycles. The first-order valence-corrected chi connectivity index (χ1v) is 7.85. The van der Waals surface area contributed by atoms with Gasteiger partial charge in [-0.1, -0.05) is 35.9 Å². The molecule has 4 nitrogen and oxygen atoms in total. The van der Waals surface area contributed by atoms with Crippen molar-refractivity contribution in [3.63, 3.8) is 0 Å². The van der Waals surface area contributed by atoms with Crippen molar-refractivity contribution in [2.45, 2.75) is 6.92 Å². The van der Waals surface area contributed by atoms with Crippen LogP contribution in [0.1, 0.15) is 16.1 Å². The molecule has 24 heavy (non-hydrogen) atoms. The van der Waals surface area contributed by atoms with Crippen LogP contribution in [-0.4, -0.2) is 10.9 Å². The summed E-state index contributed by atoms with van der Waals surface area (Å²) in [5, 5.41) is 6.71. The van der Waals surface area contributed by atoms with E-state index in [0.29, 0.717) is 10.7 Å². The summed E-state index contributed by atoms with van der Waals surface area (Å²) in [5.74, 6) is -0.244. The normalized spacial score (nSPS) is 10.2. The Bertz CT molecular complexity index is 848. The van der Waals surface area contributed by atoms with Crippen molar-refractivity contribution in [1.29, 1.82) is 0 Å². The van der Waals surface area contributed by atoms with Crippen LogP contribution in [0, 0.1) is 6.92 Å². The molecular formula is C19H16ClN3O. The highest BCUT2D eigenvalue weighted by molar-refractivity contribution is 6.31. The van der Waals surface area contributed by atoms with Gasteiger partial charge in [0.1, 0.15) is 5.69 Å². The molecule has 5 heteroatoms. The monoisotopic (exact) mass is 337 g/mol. The minimum Gasteiger partial charge on any atom is -0.354 e. The average molecular weight is 338 g/mol. The molecule has 3 rings (SSSR count). The van der Waals surface area contributed by atoms with E-state index in [2.05, 4.69) is 15.6 Å². The van der Waals surface area contributed by atoms with Crippen LogP contribution in [0.4, 0.5) is 17.1 Å². The summed E-state index contributed by atoms with van der Waals surface area (Å²) >= 11 is 6.12. The predicted molar refractivity (Wildman–Crippen MR) is 98.1 cm³/mol. The molecule has 1 aromatic heterocycles. The molecule has 0 bridgehead atoms. The van der Waals surface area contributed by atoms with Gasteiger partial charge < -0.3 is 10.6 Å². The summed E-state index contributed by atoms with van der Waals surface area (Å²) < 4.78 is 0. The van der Waals surface area contributed by atoms with E-state index in [1.54, 1.807) is 18.3 Å². The first-order valence-electron chi connectivity index (χ1n) is 7.47. The maximum atomic E-state index is 12.2. The summed E-state index contributed by atoms with van der Waals surface area (Å²) in [6, 6.07) is 18.5. The Morgan fingerprint density at radius 2 is 1.71 bits per heavy atom. The predicted octanol–water partition coefficient (Wildman–Crippen LogP) is 5.04. The number of carbonyl (C=O) groups excluding carboxylic acids is 1. The lowest BCUT2D eigenvalue weighted by Gasteiger charge is -2.09. The van der Waals surface area contributed by atoms with Gasteiger partial charge >= 0.3 is 0 Å². The average Bonchev–Trinajstić information content (AvgIpc) is 2.60. The van der Waals surface area contributed by atoms with Crippen LogP contribution in [0.5, 0.6) is 0 Å². The molecule has 0 aliphatic carbocycles. The Morgan fingerprint density at radius 1 is 0.958 bits per heavy atom. The number of nitrogens with zero attached hydrogens (tertiary/aromatic N) is 1. The Balaban J connectivity index is 1.68. The van der Waals surface area contributed by atoms with Crippen molar-refractivity contribution < 1.29 is 4.79 Å². The molecule has 1 amide bonds. The van der Waals surface area contributed by atoms with Gasteiger partial charge in [-0.25, -0.2) is 4.98 Å². The fraction of sp³-hybridized carbons (Fsp3) is 0.0526. The summed E-state index contributed by atoms with van der Waals surface area (Å²) in [7, 11) is 0. The van der Waals surface area contributed by atoms with Crippen LogP contribution in [0.25, 0.3) is 0 Å². The smallest absolute Gasteiger partial charge is 0.274 e. The van der Waals surface area contributed by atoms with Crippen molar-refractivity contribution >= 4 is 34.6 Å². The summed E-state index contributed by atoms with van der Waals surface area (Å²) in [5.41, 5.74) is 3.76. The van der Waals surface area contributed by atoms with Gasteiger partial charge in [-0.3, -0.25) is 4.79 Å². The van der Waals surface area contributed by atoms with Gasteiger partial charge in [-0.15, -0.1) is 0 Å². The molecule has 2 aromatic carbocycles. The van der Waals surface area contributed by atoms with Crippen molar-refractivity contribution in [3.8, 4) is 0 Å².